The van der Waals surface area contributed by atoms with Gasteiger partial charge in [0.15, 0.2) is 15.6 Å². The molecule has 0 aliphatic carbocycles. The molecule has 22 heavy (non-hydrogen) atoms. The van der Waals surface area contributed by atoms with Crippen molar-refractivity contribution >= 4 is 15.7 Å². The maximum atomic E-state index is 12.2. The molecule has 0 aromatic carbocycles. The molecule has 7 heteroatoms. The lowest BCUT2D eigenvalue weighted by molar-refractivity contribution is 0.0871. The molecule has 0 saturated carbocycles. The molecule has 3 rings (SSSR count). The Labute approximate surface area is 130 Å². The Balaban J connectivity index is 1.73. The van der Waals surface area contributed by atoms with Crippen molar-refractivity contribution in [2.75, 3.05) is 24.6 Å². The summed E-state index contributed by atoms with van der Waals surface area (Å²) in [5, 5.41) is 2.86. The number of aryl methyl sites for hydroxylation is 1. The van der Waals surface area contributed by atoms with E-state index >= 15 is 0 Å². The van der Waals surface area contributed by atoms with Crippen molar-refractivity contribution in [2.24, 2.45) is 0 Å². The zero-order valence-corrected chi connectivity index (χ0v) is 13.6. The van der Waals surface area contributed by atoms with Crippen LogP contribution in [0.2, 0.25) is 0 Å². The van der Waals surface area contributed by atoms with Crippen LogP contribution in [0.1, 0.15) is 35.6 Å². The van der Waals surface area contributed by atoms with E-state index in [1.807, 2.05) is 0 Å². The van der Waals surface area contributed by atoms with Crippen molar-refractivity contribution in [1.29, 1.82) is 0 Å². The Kier molecular flexibility index (Phi) is 4.27. The second kappa shape index (κ2) is 6.04. The molecule has 0 radical (unpaired) electrons. The van der Waals surface area contributed by atoms with E-state index in [0.717, 1.165) is 25.9 Å². The third-order valence-electron chi connectivity index (χ3n) is 4.46. The lowest BCUT2D eigenvalue weighted by atomic mass is 10.0. The van der Waals surface area contributed by atoms with Gasteiger partial charge in [0, 0.05) is 6.04 Å². The molecule has 122 valence electrons. The van der Waals surface area contributed by atoms with Crippen LogP contribution in [0.15, 0.2) is 16.5 Å². The van der Waals surface area contributed by atoms with Crippen molar-refractivity contribution in [1.82, 2.24) is 10.2 Å². The van der Waals surface area contributed by atoms with Crippen LogP contribution in [0, 0.1) is 6.92 Å². The average Bonchev–Trinajstić information content (AvgIpc) is 3.03. The summed E-state index contributed by atoms with van der Waals surface area (Å²) in [5.41, 5.74) is 0. The van der Waals surface area contributed by atoms with Crippen LogP contribution < -0.4 is 5.32 Å². The van der Waals surface area contributed by atoms with E-state index in [1.165, 1.54) is 6.42 Å². The molecular formula is C15H22N2O4S. The third-order valence-corrected chi connectivity index (χ3v) is 6.18. The largest absolute Gasteiger partial charge is 0.456 e. The standard InChI is InChI=1S/C15H22N2O4S/c1-11-5-6-14(21-11)15(18)16-12-9-22(19,20)10-13(12)17-7-3-2-4-8-17/h5-6,12-13H,2-4,7-10H2,1H3,(H,16,18)/t12-,13+/m1/s1. The minimum Gasteiger partial charge on any atom is -0.456 e. The molecule has 3 heterocycles. The summed E-state index contributed by atoms with van der Waals surface area (Å²) in [6, 6.07) is 2.86. The number of furan rings is 1. The number of hydrogen-bond donors (Lipinski definition) is 1. The van der Waals surface area contributed by atoms with E-state index in [2.05, 4.69) is 10.2 Å². The van der Waals surface area contributed by atoms with Gasteiger partial charge in [-0.05, 0) is 45.0 Å². The highest BCUT2D eigenvalue weighted by Gasteiger charge is 2.42. The molecule has 2 saturated heterocycles. The summed E-state index contributed by atoms with van der Waals surface area (Å²) in [6.45, 7) is 3.59. The number of nitrogens with one attached hydrogen (secondary N) is 1. The summed E-state index contributed by atoms with van der Waals surface area (Å²) in [4.78, 5) is 14.4. The highest BCUT2D eigenvalue weighted by molar-refractivity contribution is 7.91. The average molecular weight is 326 g/mol. The summed E-state index contributed by atoms with van der Waals surface area (Å²) in [5.74, 6) is 0.711. The molecule has 2 aliphatic heterocycles. The van der Waals surface area contributed by atoms with Gasteiger partial charge in [0.1, 0.15) is 5.76 Å². The SMILES string of the molecule is Cc1ccc(C(=O)N[C@@H]2CS(=O)(=O)C[C@@H]2N2CCCCC2)o1. The van der Waals surface area contributed by atoms with Crippen LogP contribution in [0.5, 0.6) is 0 Å². The van der Waals surface area contributed by atoms with Crippen LogP contribution in [0.3, 0.4) is 0 Å². The Hall–Kier alpha value is -1.34. The number of carbonyl (C=O) groups excluding carboxylic acids is 1. The minimum atomic E-state index is -3.10. The number of likely N-dealkylation sites (tertiary alicyclic amines) is 1. The van der Waals surface area contributed by atoms with Crippen LogP contribution in [-0.4, -0.2) is 55.9 Å². The Morgan fingerprint density at radius 1 is 1.23 bits per heavy atom. The second-order valence-corrected chi connectivity index (χ2v) is 8.38. The monoisotopic (exact) mass is 326 g/mol. The number of amides is 1. The quantitative estimate of drug-likeness (QED) is 0.895. The smallest absolute Gasteiger partial charge is 0.287 e. The van der Waals surface area contributed by atoms with Crippen molar-refractivity contribution in [3.8, 4) is 0 Å². The topological polar surface area (TPSA) is 79.6 Å². The summed E-state index contributed by atoms with van der Waals surface area (Å²) in [6.07, 6.45) is 3.38. The van der Waals surface area contributed by atoms with E-state index in [1.54, 1.807) is 19.1 Å². The maximum Gasteiger partial charge on any atom is 0.287 e. The van der Waals surface area contributed by atoms with E-state index in [4.69, 9.17) is 4.42 Å². The molecule has 1 aromatic rings. The normalized spacial score (nSPS) is 28.6. The number of rotatable bonds is 3. The van der Waals surface area contributed by atoms with Crippen molar-refractivity contribution in [2.45, 2.75) is 38.3 Å². The van der Waals surface area contributed by atoms with E-state index in [9.17, 15) is 13.2 Å². The zero-order valence-electron chi connectivity index (χ0n) is 12.7. The van der Waals surface area contributed by atoms with Gasteiger partial charge in [-0.2, -0.15) is 0 Å². The Bertz CT molecular complexity index is 646. The molecule has 1 N–H and O–H groups in total. The van der Waals surface area contributed by atoms with Gasteiger partial charge in [0.05, 0.1) is 17.5 Å². The van der Waals surface area contributed by atoms with Crippen molar-refractivity contribution in [3.63, 3.8) is 0 Å². The molecule has 6 nitrogen and oxygen atoms in total. The molecular weight excluding hydrogens is 304 g/mol. The number of carbonyl (C=O) groups is 1. The first kappa shape index (κ1) is 15.6. The number of sulfone groups is 1. The first-order valence-electron chi connectivity index (χ1n) is 7.76. The lowest BCUT2D eigenvalue weighted by Gasteiger charge is -2.34. The third kappa shape index (κ3) is 3.35. The summed E-state index contributed by atoms with van der Waals surface area (Å²) < 4.78 is 29.3. The maximum absolute atomic E-state index is 12.2. The van der Waals surface area contributed by atoms with Gasteiger partial charge in [-0.15, -0.1) is 0 Å². The van der Waals surface area contributed by atoms with Crippen LogP contribution in [-0.2, 0) is 9.84 Å². The second-order valence-electron chi connectivity index (χ2n) is 6.23. The predicted octanol–water partition coefficient (Wildman–Crippen LogP) is 0.969. The number of piperidine rings is 1. The van der Waals surface area contributed by atoms with E-state index in [-0.39, 0.29) is 35.3 Å². The molecule has 1 aromatic heterocycles. The van der Waals surface area contributed by atoms with Gasteiger partial charge in [-0.3, -0.25) is 9.69 Å². The molecule has 0 unspecified atom stereocenters. The zero-order chi connectivity index (χ0) is 15.7. The fraction of sp³-hybridized carbons (Fsp3) is 0.667. The lowest BCUT2D eigenvalue weighted by Crippen LogP contribution is -2.52. The first-order chi connectivity index (χ1) is 10.4. The van der Waals surface area contributed by atoms with Crippen molar-refractivity contribution in [3.05, 3.63) is 23.7 Å². The summed E-state index contributed by atoms with van der Waals surface area (Å²) in [7, 11) is -3.10. The molecule has 2 fully saturated rings. The van der Waals surface area contributed by atoms with Crippen LogP contribution >= 0.6 is 0 Å². The molecule has 2 aliphatic rings. The minimum absolute atomic E-state index is 0.0135. The molecule has 0 spiro atoms. The van der Waals surface area contributed by atoms with E-state index in [0.29, 0.717) is 5.76 Å². The van der Waals surface area contributed by atoms with Gasteiger partial charge >= 0.3 is 0 Å². The fourth-order valence-corrected chi connectivity index (χ4v) is 5.33. The van der Waals surface area contributed by atoms with Gasteiger partial charge in [-0.25, -0.2) is 8.42 Å². The highest BCUT2D eigenvalue weighted by atomic mass is 32.2. The molecule has 2 atom stereocenters. The highest BCUT2D eigenvalue weighted by Crippen LogP contribution is 2.22. The Morgan fingerprint density at radius 2 is 1.95 bits per heavy atom. The summed E-state index contributed by atoms with van der Waals surface area (Å²) >= 11 is 0. The van der Waals surface area contributed by atoms with Crippen LogP contribution in [0.25, 0.3) is 0 Å². The van der Waals surface area contributed by atoms with Gasteiger partial charge in [-0.1, -0.05) is 6.42 Å². The van der Waals surface area contributed by atoms with Crippen LogP contribution in [0.4, 0.5) is 0 Å². The fourth-order valence-electron chi connectivity index (χ4n) is 3.37. The first-order valence-corrected chi connectivity index (χ1v) is 9.58. The Morgan fingerprint density at radius 3 is 2.59 bits per heavy atom. The molecule has 0 bridgehead atoms. The predicted molar refractivity (Wildman–Crippen MR) is 82.6 cm³/mol. The van der Waals surface area contributed by atoms with Gasteiger partial charge in [0.25, 0.3) is 5.91 Å². The molecule has 1 amide bonds. The van der Waals surface area contributed by atoms with Gasteiger partial charge in [0.2, 0.25) is 0 Å². The van der Waals surface area contributed by atoms with Gasteiger partial charge < -0.3 is 9.73 Å². The number of hydrogen-bond acceptors (Lipinski definition) is 5. The van der Waals surface area contributed by atoms with Crippen molar-refractivity contribution < 1.29 is 17.6 Å². The number of nitrogens with zero attached hydrogens (tertiary/aromatic N) is 1. The van der Waals surface area contributed by atoms with E-state index < -0.39 is 9.84 Å².